The van der Waals surface area contributed by atoms with Crippen LogP contribution in [0.1, 0.15) is 10.4 Å². The highest BCUT2D eigenvalue weighted by Gasteiger charge is 2.11. The fourth-order valence-electron chi connectivity index (χ4n) is 1.51. The second kappa shape index (κ2) is 4.75. The first kappa shape index (κ1) is 11.9. The van der Waals surface area contributed by atoms with Crippen LogP contribution in [0.25, 0.3) is 0 Å². The molecule has 0 bridgehead atoms. The highest BCUT2D eigenvalue weighted by Crippen LogP contribution is 2.21. The van der Waals surface area contributed by atoms with E-state index in [4.69, 9.17) is 5.73 Å². The molecule has 0 fully saturated rings. The molecule has 0 saturated heterocycles. The summed E-state index contributed by atoms with van der Waals surface area (Å²) >= 11 is 0. The number of anilines is 2. The van der Waals surface area contributed by atoms with Crippen LogP contribution in [-0.2, 0) is 0 Å². The van der Waals surface area contributed by atoms with Crippen LogP contribution >= 0.6 is 0 Å². The van der Waals surface area contributed by atoms with Crippen molar-refractivity contribution in [2.45, 2.75) is 0 Å². The van der Waals surface area contributed by atoms with E-state index in [2.05, 4.69) is 5.32 Å². The maximum atomic E-state index is 12.9. The number of phenolic OH excluding ortho intramolecular Hbond substituents is 1. The summed E-state index contributed by atoms with van der Waals surface area (Å²) in [6, 6.07) is 9.67. The Labute approximate surface area is 103 Å². The fourth-order valence-corrected chi connectivity index (χ4v) is 1.51. The molecule has 2 aromatic carbocycles. The number of hydrogen-bond donors (Lipinski definition) is 3. The van der Waals surface area contributed by atoms with Crippen molar-refractivity contribution in [2.24, 2.45) is 0 Å². The van der Waals surface area contributed by atoms with Gasteiger partial charge in [-0.3, -0.25) is 4.79 Å². The van der Waals surface area contributed by atoms with Crippen molar-refractivity contribution in [3.8, 4) is 5.75 Å². The normalized spacial score (nSPS) is 10.1. The summed E-state index contributed by atoms with van der Waals surface area (Å²) in [5.41, 5.74) is 6.21. The van der Waals surface area contributed by atoms with Gasteiger partial charge in [0.15, 0.2) is 0 Å². The van der Waals surface area contributed by atoms with Crippen molar-refractivity contribution < 1.29 is 14.3 Å². The Morgan fingerprint density at radius 3 is 2.67 bits per heavy atom. The Morgan fingerprint density at radius 1 is 1.22 bits per heavy atom. The molecular weight excluding hydrogens is 235 g/mol. The van der Waals surface area contributed by atoms with Crippen LogP contribution in [0, 0.1) is 5.82 Å². The number of amides is 1. The number of benzene rings is 2. The zero-order valence-corrected chi connectivity index (χ0v) is 9.35. The third-order valence-electron chi connectivity index (χ3n) is 2.35. The standard InChI is InChI=1S/C13H11FN2O2/c14-8-2-1-3-10(6-8)16-13(18)11-5-4-9(15)7-12(11)17/h1-7,17H,15H2,(H,16,18). The number of phenols is 1. The zero-order valence-electron chi connectivity index (χ0n) is 9.35. The van der Waals surface area contributed by atoms with Crippen LogP contribution < -0.4 is 11.1 Å². The van der Waals surface area contributed by atoms with Gasteiger partial charge < -0.3 is 16.2 Å². The van der Waals surface area contributed by atoms with Gasteiger partial charge in [0.05, 0.1) is 5.56 Å². The van der Waals surface area contributed by atoms with Crippen molar-refractivity contribution in [3.05, 3.63) is 53.8 Å². The largest absolute Gasteiger partial charge is 0.507 e. The molecule has 4 N–H and O–H groups in total. The van der Waals surface area contributed by atoms with Crippen LogP contribution in [0.4, 0.5) is 15.8 Å². The van der Waals surface area contributed by atoms with E-state index in [0.29, 0.717) is 11.4 Å². The molecule has 0 aliphatic heterocycles. The van der Waals surface area contributed by atoms with Gasteiger partial charge in [-0.25, -0.2) is 4.39 Å². The number of nitrogen functional groups attached to an aromatic ring is 1. The van der Waals surface area contributed by atoms with Gasteiger partial charge in [0, 0.05) is 17.4 Å². The monoisotopic (exact) mass is 246 g/mol. The lowest BCUT2D eigenvalue weighted by Crippen LogP contribution is -2.12. The first-order chi connectivity index (χ1) is 8.56. The molecule has 0 aliphatic carbocycles. The average molecular weight is 246 g/mol. The van der Waals surface area contributed by atoms with Gasteiger partial charge in [-0.2, -0.15) is 0 Å². The molecule has 2 aromatic rings. The first-order valence-electron chi connectivity index (χ1n) is 5.21. The summed E-state index contributed by atoms with van der Waals surface area (Å²) in [7, 11) is 0. The number of hydrogen-bond acceptors (Lipinski definition) is 3. The quantitative estimate of drug-likeness (QED) is 0.712. The molecule has 0 aliphatic rings. The number of carbonyl (C=O) groups excluding carboxylic acids is 1. The lowest BCUT2D eigenvalue weighted by molar-refractivity contribution is 0.102. The van der Waals surface area contributed by atoms with Gasteiger partial charge in [0.25, 0.3) is 5.91 Å². The molecule has 0 unspecified atom stereocenters. The minimum Gasteiger partial charge on any atom is -0.507 e. The van der Waals surface area contributed by atoms with E-state index in [1.54, 1.807) is 6.07 Å². The van der Waals surface area contributed by atoms with E-state index >= 15 is 0 Å². The van der Waals surface area contributed by atoms with Crippen molar-refractivity contribution in [3.63, 3.8) is 0 Å². The number of nitrogens with one attached hydrogen (secondary N) is 1. The Hall–Kier alpha value is -2.56. The fraction of sp³-hybridized carbons (Fsp3) is 0. The topological polar surface area (TPSA) is 75.4 Å². The van der Waals surface area contributed by atoms with Gasteiger partial charge in [-0.1, -0.05) is 6.07 Å². The summed E-state index contributed by atoms with van der Waals surface area (Å²) in [5, 5.41) is 12.1. The molecule has 92 valence electrons. The van der Waals surface area contributed by atoms with Crippen LogP contribution in [0.5, 0.6) is 5.75 Å². The summed E-state index contributed by atoms with van der Waals surface area (Å²) in [4.78, 5) is 11.8. The predicted octanol–water partition coefficient (Wildman–Crippen LogP) is 2.37. The summed E-state index contributed by atoms with van der Waals surface area (Å²) in [6.07, 6.45) is 0. The third kappa shape index (κ3) is 2.57. The lowest BCUT2D eigenvalue weighted by Gasteiger charge is -2.07. The van der Waals surface area contributed by atoms with Crippen molar-refractivity contribution in [2.75, 3.05) is 11.1 Å². The van der Waals surface area contributed by atoms with Gasteiger partial charge in [-0.15, -0.1) is 0 Å². The smallest absolute Gasteiger partial charge is 0.259 e. The molecule has 4 nitrogen and oxygen atoms in total. The van der Waals surface area contributed by atoms with Crippen LogP contribution in [0.2, 0.25) is 0 Å². The van der Waals surface area contributed by atoms with Gasteiger partial charge >= 0.3 is 0 Å². The van der Waals surface area contributed by atoms with Crippen LogP contribution in [0.15, 0.2) is 42.5 Å². The SMILES string of the molecule is Nc1ccc(C(=O)Nc2cccc(F)c2)c(O)c1. The molecule has 1 amide bonds. The van der Waals surface area contributed by atoms with Gasteiger partial charge in [0.1, 0.15) is 11.6 Å². The molecule has 5 heteroatoms. The Bertz CT molecular complexity index is 599. The van der Waals surface area contributed by atoms with E-state index in [0.717, 1.165) is 0 Å². The first-order valence-corrected chi connectivity index (χ1v) is 5.21. The summed E-state index contributed by atoms with van der Waals surface area (Å²) in [5.74, 6) is -1.20. The van der Waals surface area contributed by atoms with E-state index < -0.39 is 11.7 Å². The lowest BCUT2D eigenvalue weighted by atomic mass is 10.1. The second-order valence-corrected chi connectivity index (χ2v) is 3.74. The van der Waals surface area contributed by atoms with E-state index in [1.165, 1.54) is 36.4 Å². The number of aromatic hydroxyl groups is 1. The molecule has 0 atom stereocenters. The molecule has 0 heterocycles. The highest BCUT2D eigenvalue weighted by atomic mass is 19.1. The van der Waals surface area contributed by atoms with Crippen molar-refractivity contribution in [1.29, 1.82) is 0 Å². The molecule has 0 saturated carbocycles. The Morgan fingerprint density at radius 2 is 2.00 bits per heavy atom. The Kier molecular flexibility index (Phi) is 3.14. The highest BCUT2D eigenvalue weighted by molar-refractivity contribution is 6.06. The summed E-state index contributed by atoms with van der Waals surface area (Å²) in [6.45, 7) is 0. The Balaban J connectivity index is 2.22. The molecule has 0 radical (unpaired) electrons. The average Bonchev–Trinajstić information content (AvgIpc) is 2.28. The van der Waals surface area contributed by atoms with E-state index in [9.17, 15) is 14.3 Å². The molecular formula is C13H11FN2O2. The second-order valence-electron chi connectivity index (χ2n) is 3.74. The number of halogens is 1. The van der Waals surface area contributed by atoms with Gasteiger partial charge in [-0.05, 0) is 30.3 Å². The number of carbonyl (C=O) groups is 1. The maximum absolute atomic E-state index is 12.9. The van der Waals surface area contributed by atoms with Crippen molar-refractivity contribution in [1.82, 2.24) is 0 Å². The third-order valence-corrected chi connectivity index (χ3v) is 2.35. The van der Waals surface area contributed by atoms with E-state index in [1.807, 2.05) is 0 Å². The maximum Gasteiger partial charge on any atom is 0.259 e. The predicted molar refractivity (Wildman–Crippen MR) is 66.9 cm³/mol. The van der Waals surface area contributed by atoms with Crippen LogP contribution in [-0.4, -0.2) is 11.0 Å². The number of nitrogens with two attached hydrogens (primary N) is 1. The summed E-state index contributed by atoms with van der Waals surface area (Å²) < 4.78 is 12.9. The van der Waals surface area contributed by atoms with Gasteiger partial charge in [0.2, 0.25) is 0 Å². The molecule has 18 heavy (non-hydrogen) atoms. The zero-order chi connectivity index (χ0) is 13.1. The van der Waals surface area contributed by atoms with E-state index in [-0.39, 0.29) is 11.3 Å². The molecule has 0 spiro atoms. The van der Waals surface area contributed by atoms with Crippen LogP contribution in [0.3, 0.4) is 0 Å². The minimum absolute atomic E-state index is 0.0773. The van der Waals surface area contributed by atoms with Crippen molar-refractivity contribution >= 4 is 17.3 Å². The molecule has 2 rings (SSSR count). The molecule has 0 aromatic heterocycles. The number of rotatable bonds is 2. The minimum atomic E-state index is -0.530.